The summed E-state index contributed by atoms with van der Waals surface area (Å²) in [4.78, 5) is 0. The van der Waals surface area contributed by atoms with Crippen LogP contribution in [0.4, 0.5) is 0 Å². The third kappa shape index (κ3) is 3.82. The van der Waals surface area contributed by atoms with Gasteiger partial charge in [0.1, 0.15) is 0 Å². The number of benzene rings is 1. The van der Waals surface area contributed by atoms with Crippen molar-refractivity contribution in [2.45, 2.75) is 52.5 Å². The van der Waals surface area contributed by atoms with Crippen molar-refractivity contribution in [2.75, 3.05) is 6.54 Å². The highest BCUT2D eigenvalue weighted by molar-refractivity contribution is 5.36. The molecule has 0 heterocycles. The number of rotatable bonds is 4. The molecule has 0 aliphatic heterocycles. The van der Waals surface area contributed by atoms with Gasteiger partial charge in [-0.3, -0.25) is 0 Å². The molecule has 0 saturated heterocycles. The molecule has 0 spiro atoms. The first-order valence-electron chi connectivity index (χ1n) is 6.82. The largest absolute Gasteiger partial charge is 0.330 e. The summed E-state index contributed by atoms with van der Waals surface area (Å²) >= 11 is 0. The Morgan fingerprint density at radius 1 is 1.22 bits per heavy atom. The maximum atomic E-state index is 6.28. The first-order valence-corrected chi connectivity index (χ1v) is 6.82. The fraction of sp³-hybridized carbons (Fsp3) is 0.625. The van der Waals surface area contributed by atoms with Gasteiger partial charge in [-0.05, 0) is 47.9 Å². The van der Waals surface area contributed by atoms with E-state index in [2.05, 4.69) is 52.8 Å². The SMILES string of the molecule is Cc1cc(C(C)(C)C)ccc1C(N)CC(C)CN. The van der Waals surface area contributed by atoms with Crippen LogP contribution in [-0.4, -0.2) is 6.54 Å². The average molecular weight is 248 g/mol. The quantitative estimate of drug-likeness (QED) is 0.859. The summed E-state index contributed by atoms with van der Waals surface area (Å²) in [5.74, 6) is 0.474. The maximum Gasteiger partial charge on any atom is 0.0300 e. The van der Waals surface area contributed by atoms with Gasteiger partial charge in [0, 0.05) is 6.04 Å². The van der Waals surface area contributed by atoms with Gasteiger partial charge in [-0.15, -0.1) is 0 Å². The predicted octanol–water partition coefficient (Wildman–Crippen LogP) is 3.28. The number of aryl methyl sites for hydroxylation is 1. The topological polar surface area (TPSA) is 52.0 Å². The fourth-order valence-corrected chi connectivity index (χ4v) is 2.21. The third-order valence-electron chi connectivity index (χ3n) is 3.59. The molecule has 2 unspecified atom stereocenters. The Morgan fingerprint density at radius 3 is 2.28 bits per heavy atom. The van der Waals surface area contributed by atoms with E-state index in [0.717, 1.165) is 6.42 Å². The summed E-state index contributed by atoms with van der Waals surface area (Å²) in [6.07, 6.45) is 0.951. The highest BCUT2D eigenvalue weighted by Crippen LogP contribution is 2.28. The van der Waals surface area contributed by atoms with Crippen LogP contribution in [0.5, 0.6) is 0 Å². The molecule has 18 heavy (non-hydrogen) atoms. The Morgan fingerprint density at radius 2 is 1.83 bits per heavy atom. The minimum Gasteiger partial charge on any atom is -0.330 e. The second-order valence-electron chi connectivity index (χ2n) is 6.50. The van der Waals surface area contributed by atoms with Crippen LogP contribution in [0.3, 0.4) is 0 Å². The van der Waals surface area contributed by atoms with E-state index in [-0.39, 0.29) is 11.5 Å². The van der Waals surface area contributed by atoms with E-state index >= 15 is 0 Å². The summed E-state index contributed by atoms with van der Waals surface area (Å²) in [6, 6.07) is 6.75. The van der Waals surface area contributed by atoms with Gasteiger partial charge in [-0.25, -0.2) is 0 Å². The van der Waals surface area contributed by atoms with Crippen LogP contribution < -0.4 is 11.5 Å². The highest BCUT2D eigenvalue weighted by Gasteiger charge is 2.17. The molecule has 1 aromatic rings. The van der Waals surface area contributed by atoms with Crippen LogP contribution in [0.2, 0.25) is 0 Å². The fourth-order valence-electron chi connectivity index (χ4n) is 2.21. The lowest BCUT2D eigenvalue weighted by Crippen LogP contribution is -2.20. The summed E-state index contributed by atoms with van der Waals surface area (Å²) in [5, 5.41) is 0. The van der Waals surface area contributed by atoms with Gasteiger partial charge >= 0.3 is 0 Å². The van der Waals surface area contributed by atoms with Crippen molar-refractivity contribution in [3.05, 3.63) is 34.9 Å². The minimum absolute atomic E-state index is 0.0950. The van der Waals surface area contributed by atoms with E-state index in [1.807, 2.05) is 0 Å². The van der Waals surface area contributed by atoms with Gasteiger partial charge in [0.2, 0.25) is 0 Å². The van der Waals surface area contributed by atoms with Gasteiger partial charge in [0.25, 0.3) is 0 Å². The lowest BCUT2D eigenvalue weighted by atomic mass is 9.84. The Kier molecular flexibility index (Phi) is 4.94. The van der Waals surface area contributed by atoms with Crippen molar-refractivity contribution in [1.82, 2.24) is 0 Å². The van der Waals surface area contributed by atoms with E-state index in [0.29, 0.717) is 12.5 Å². The first kappa shape index (κ1) is 15.2. The molecule has 0 aliphatic carbocycles. The van der Waals surface area contributed by atoms with E-state index in [9.17, 15) is 0 Å². The Balaban J connectivity index is 2.92. The van der Waals surface area contributed by atoms with E-state index in [4.69, 9.17) is 11.5 Å². The van der Waals surface area contributed by atoms with Gasteiger partial charge in [0.15, 0.2) is 0 Å². The molecule has 0 bridgehead atoms. The zero-order chi connectivity index (χ0) is 13.9. The molecule has 2 atom stereocenters. The number of hydrogen-bond donors (Lipinski definition) is 2. The number of hydrogen-bond acceptors (Lipinski definition) is 2. The molecular weight excluding hydrogens is 220 g/mol. The van der Waals surface area contributed by atoms with Crippen LogP contribution in [-0.2, 0) is 5.41 Å². The van der Waals surface area contributed by atoms with Crippen molar-refractivity contribution in [1.29, 1.82) is 0 Å². The molecule has 0 saturated carbocycles. The van der Waals surface area contributed by atoms with E-state index in [1.54, 1.807) is 0 Å². The first-order chi connectivity index (χ1) is 8.25. The van der Waals surface area contributed by atoms with Gasteiger partial charge in [0.05, 0.1) is 0 Å². The maximum absolute atomic E-state index is 6.28. The smallest absolute Gasteiger partial charge is 0.0300 e. The number of nitrogens with two attached hydrogens (primary N) is 2. The molecular formula is C16H28N2. The monoisotopic (exact) mass is 248 g/mol. The Bertz CT molecular complexity index is 391. The molecule has 1 rings (SSSR count). The van der Waals surface area contributed by atoms with Gasteiger partial charge in [-0.2, -0.15) is 0 Å². The van der Waals surface area contributed by atoms with Crippen LogP contribution in [0.15, 0.2) is 18.2 Å². The van der Waals surface area contributed by atoms with Crippen LogP contribution in [0, 0.1) is 12.8 Å². The second-order valence-corrected chi connectivity index (χ2v) is 6.50. The van der Waals surface area contributed by atoms with E-state index in [1.165, 1.54) is 16.7 Å². The molecule has 0 radical (unpaired) electrons. The molecule has 2 heteroatoms. The average Bonchev–Trinajstić information content (AvgIpc) is 2.27. The van der Waals surface area contributed by atoms with Gasteiger partial charge in [-0.1, -0.05) is 45.9 Å². The molecule has 102 valence electrons. The van der Waals surface area contributed by atoms with Crippen LogP contribution in [0.1, 0.15) is 56.8 Å². The highest BCUT2D eigenvalue weighted by atomic mass is 14.6. The van der Waals surface area contributed by atoms with Crippen molar-refractivity contribution in [3.8, 4) is 0 Å². The normalized spacial score (nSPS) is 15.5. The predicted molar refractivity (Wildman–Crippen MR) is 79.6 cm³/mol. The molecule has 2 nitrogen and oxygen atoms in total. The second kappa shape index (κ2) is 5.85. The summed E-state index contributed by atoms with van der Waals surface area (Å²) < 4.78 is 0. The molecule has 0 aromatic heterocycles. The Labute approximate surface area is 112 Å². The van der Waals surface area contributed by atoms with Crippen molar-refractivity contribution in [2.24, 2.45) is 17.4 Å². The van der Waals surface area contributed by atoms with Crippen molar-refractivity contribution >= 4 is 0 Å². The molecule has 0 fully saturated rings. The van der Waals surface area contributed by atoms with Crippen molar-refractivity contribution in [3.63, 3.8) is 0 Å². The summed E-state index contributed by atoms with van der Waals surface area (Å²) in [5.41, 5.74) is 16.0. The molecule has 0 aliphatic rings. The van der Waals surface area contributed by atoms with Crippen LogP contribution >= 0.6 is 0 Å². The lowest BCUT2D eigenvalue weighted by Gasteiger charge is -2.23. The van der Waals surface area contributed by atoms with Crippen LogP contribution in [0.25, 0.3) is 0 Å². The molecule has 4 N–H and O–H groups in total. The van der Waals surface area contributed by atoms with Gasteiger partial charge < -0.3 is 11.5 Å². The zero-order valence-corrected chi connectivity index (χ0v) is 12.5. The Hall–Kier alpha value is -0.860. The minimum atomic E-state index is 0.0950. The molecule has 1 aromatic carbocycles. The van der Waals surface area contributed by atoms with E-state index < -0.39 is 0 Å². The summed E-state index contributed by atoms with van der Waals surface area (Å²) in [7, 11) is 0. The van der Waals surface area contributed by atoms with Crippen molar-refractivity contribution < 1.29 is 0 Å². The standard InChI is InChI=1S/C16H28N2/c1-11(10-17)8-15(18)14-7-6-13(9-12(14)2)16(3,4)5/h6-7,9,11,15H,8,10,17-18H2,1-5H3. The lowest BCUT2D eigenvalue weighted by molar-refractivity contribution is 0.481. The zero-order valence-electron chi connectivity index (χ0n) is 12.5. The summed E-state index contributed by atoms with van der Waals surface area (Å²) in [6.45, 7) is 11.7. The molecule has 0 amide bonds. The third-order valence-corrected chi connectivity index (χ3v) is 3.59.